The van der Waals surface area contributed by atoms with Gasteiger partial charge in [-0.1, -0.05) is 13.3 Å². The molecule has 6 heteroatoms. The van der Waals surface area contributed by atoms with Crippen LogP contribution < -0.4 is 5.32 Å². The van der Waals surface area contributed by atoms with Gasteiger partial charge < -0.3 is 5.32 Å². The summed E-state index contributed by atoms with van der Waals surface area (Å²) in [5.41, 5.74) is 1.47. The number of anilines is 1. The summed E-state index contributed by atoms with van der Waals surface area (Å²) >= 11 is 1.83. The third-order valence-electron chi connectivity index (χ3n) is 5.12. The normalized spacial score (nSPS) is 25.4. The van der Waals surface area contributed by atoms with Crippen molar-refractivity contribution in [1.29, 1.82) is 0 Å². The van der Waals surface area contributed by atoms with Crippen LogP contribution in [0, 0.1) is 0 Å². The predicted molar refractivity (Wildman–Crippen MR) is 97.8 cm³/mol. The topological polar surface area (TPSA) is 54.9 Å². The monoisotopic (exact) mass is 349 g/mol. The fourth-order valence-corrected chi connectivity index (χ4v) is 6.56. The minimum atomic E-state index is -0.682. The van der Waals surface area contributed by atoms with E-state index in [2.05, 4.69) is 15.3 Å². The van der Waals surface area contributed by atoms with Crippen LogP contribution in [0.4, 0.5) is 5.82 Å². The van der Waals surface area contributed by atoms with Crippen LogP contribution in [0.3, 0.4) is 0 Å². The first-order chi connectivity index (χ1) is 11.3. The van der Waals surface area contributed by atoms with Crippen molar-refractivity contribution in [1.82, 2.24) is 9.97 Å². The van der Waals surface area contributed by atoms with Gasteiger partial charge in [-0.05, 0) is 44.1 Å². The molecule has 3 unspecified atom stereocenters. The van der Waals surface area contributed by atoms with Crippen LogP contribution in [0.1, 0.15) is 49.5 Å². The van der Waals surface area contributed by atoms with Crippen molar-refractivity contribution in [2.24, 2.45) is 0 Å². The lowest BCUT2D eigenvalue weighted by Crippen LogP contribution is -2.33. The summed E-state index contributed by atoms with van der Waals surface area (Å²) < 4.78 is 12.1. The van der Waals surface area contributed by atoms with E-state index in [1.807, 2.05) is 18.3 Å². The molecule has 4 nitrogen and oxygen atoms in total. The van der Waals surface area contributed by atoms with Gasteiger partial charge in [0.05, 0.1) is 5.39 Å². The first-order valence-corrected chi connectivity index (χ1v) is 10.8. The van der Waals surface area contributed by atoms with Crippen LogP contribution in [-0.2, 0) is 23.6 Å². The summed E-state index contributed by atoms with van der Waals surface area (Å²) in [6, 6.07) is 0.388. The highest BCUT2D eigenvalue weighted by Gasteiger charge is 2.27. The zero-order valence-electron chi connectivity index (χ0n) is 13.5. The van der Waals surface area contributed by atoms with E-state index in [0.717, 1.165) is 48.5 Å². The molecule has 3 atom stereocenters. The van der Waals surface area contributed by atoms with Gasteiger partial charge in [0.15, 0.2) is 0 Å². The second-order valence-corrected chi connectivity index (χ2v) is 9.65. The molecule has 1 N–H and O–H groups in total. The zero-order valence-corrected chi connectivity index (χ0v) is 15.1. The van der Waals surface area contributed by atoms with Crippen molar-refractivity contribution in [3.63, 3.8) is 0 Å². The van der Waals surface area contributed by atoms with E-state index >= 15 is 0 Å². The van der Waals surface area contributed by atoms with Gasteiger partial charge in [0.25, 0.3) is 0 Å². The molecule has 0 bridgehead atoms. The van der Waals surface area contributed by atoms with E-state index in [0.29, 0.717) is 11.3 Å². The summed E-state index contributed by atoms with van der Waals surface area (Å²) in [6.45, 7) is 2.02. The van der Waals surface area contributed by atoms with Crippen molar-refractivity contribution < 1.29 is 4.21 Å². The number of fused-ring (bicyclic) bond motifs is 3. The van der Waals surface area contributed by atoms with E-state index in [9.17, 15) is 4.21 Å². The van der Waals surface area contributed by atoms with E-state index < -0.39 is 10.8 Å². The summed E-state index contributed by atoms with van der Waals surface area (Å²) in [5, 5.41) is 5.27. The molecule has 2 heterocycles. The van der Waals surface area contributed by atoms with E-state index in [4.69, 9.17) is 0 Å². The minimum absolute atomic E-state index is 0.344. The van der Waals surface area contributed by atoms with Crippen molar-refractivity contribution in [2.45, 2.75) is 63.2 Å². The number of aryl methyl sites for hydroxylation is 2. The van der Waals surface area contributed by atoms with Crippen LogP contribution in [0.15, 0.2) is 6.33 Å². The van der Waals surface area contributed by atoms with E-state index in [1.165, 1.54) is 28.7 Å². The average Bonchev–Trinajstić information content (AvgIpc) is 3.15. The average molecular weight is 350 g/mol. The quantitative estimate of drug-likeness (QED) is 0.915. The van der Waals surface area contributed by atoms with Gasteiger partial charge in [-0.3, -0.25) is 4.21 Å². The molecule has 2 aliphatic carbocycles. The zero-order chi connectivity index (χ0) is 15.8. The molecule has 4 rings (SSSR count). The number of nitrogens with one attached hydrogen (secondary N) is 1. The maximum absolute atomic E-state index is 12.1. The molecule has 0 radical (unpaired) electrons. The lowest BCUT2D eigenvalue weighted by atomic mass is 9.95. The molecule has 2 aromatic heterocycles. The van der Waals surface area contributed by atoms with Crippen LogP contribution >= 0.6 is 11.3 Å². The molecule has 2 aliphatic rings. The number of hydrogen-bond acceptors (Lipinski definition) is 5. The molecule has 0 saturated heterocycles. The molecule has 1 fully saturated rings. The highest BCUT2D eigenvalue weighted by molar-refractivity contribution is 7.85. The first-order valence-electron chi connectivity index (χ1n) is 8.65. The second kappa shape index (κ2) is 6.48. The fourth-order valence-electron chi connectivity index (χ4n) is 3.98. The Morgan fingerprint density at radius 1 is 1.30 bits per heavy atom. The lowest BCUT2D eigenvalue weighted by molar-refractivity contribution is 0.464. The maximum Gasteiger partial charge on any atom is 0.138 e. The summed E-state index contributed by atoms with van der Waals surface area (Å²) in [7, 11) is -0.682. The smallest absolute Gasteiger partial charge is 0.138 e. The maximum atomic E-state index is 12.1. The Morgan fingerprint density at radius 3 is 3.09 bits per heavy atom. The SMILES string of the molecule is CCS(=O)C1CCCC(Nc2ncnc3sc4c(c23)CCC4)C1. The fraction of sp³-hybridized carbons (Fsp3) is 0.647. The molecule has 0 amide bonds. The number of aromatic nitrogens is 2. The Hall–Kier alpha value is -1.01. The van der Waals surface area contributed by atoms with Crippen molar-refractivity contribution in [3.8, 4) is 0 Å². The summed E-state index contributed by atoms with van der Waals surface area (Å²) in [6.07, 6.45) is 9.69. The molecule has 23 heavy (non-hydrogen) atoms. The van der Waals surface area contributed by atoms with Gasteiger partial charge >= 0.3 is 0 Å². The second-order valence-electron chi connectivity index (χ2n) is 6.56. The van der Waals surface area contributed by atoms with E-state index in [-0.39, 0.29) is 0 Å². The van der Waals surface area contributed by atoms with Gasteiger partial charge in [0.2, 0.25) is 0 Å². The number of hydrogen-bond donors (Lipinski definition) is 1. The van der Waals surface area contributed by atoms with Crippen LogP contribution in [0.25, 0.3) is 10.2 Å². The lowest BCUT2D eigenvalue weighted by Gasteiger charge is -2.29. The van der Waals surface area contributed by atoms with Crippen LogP contribution in [0.2, 0.25) is 0 Å². The minimum Gasteiger partial charge on any atom is -0.367 e. The Morgan fingerprint density at radius 2 is 2.22 bits per heavy atom. The van der Waals surface area contributed by atoms with Crippen molar-refractivity contribution in [2.75, 3.05) is 11.1 Å². The van der Waals surface area contributed by atoms with Gasteiger partial charge in [-0.15, -0.1) is 11.3 Å². The van der Waals surface area contributed by atoms with E-state index in [1.54, 1.807) is 6.33 Å². The number of thiophene rings is 1. The molecule has 2 aromatic rings. The van der Waals surface area contributed by atoms with Gasteiger partial charge in [-0.2, -0.15) is 0 Å². The van der Waals surface area contributed by atoms with Gasteiger partial charge in [-0.25, -0.2) is 9.97 Å². The highest BCUT2D eigenvalue weighted by atomic mass is 32.2. The number of nitrogens with zero attached hydrogens (tertiary/aromatic N) is 2. The first kappa shape index (κ1) is 15.5. The Balaban J connectivity index is 1.59. The third-order valence-corrected chi connectivity index (χ3v) is 8.07. The summed E-state index contributed by atoms with van der Waals surface area (Å²) in [4.78, 5) is 11.6. The predicted octanol–water partition coefficient (Wildman–Crippen LogP) is 3.67. The Bertz CT molecular complexity index is 743. The molecule has 0 aromatic carbocycles. The largest absolute Gasteiger partial charge is 0.367 e. The third kappa shape index (κ3) is 2.91. The van der Waals surface area contributed by atoms with Gasteiger partial charge in [0, 0.05) is 32.7 Å². The van der Waals surface area contributed by atoms with Gasteiger partial charge in [0.1, 0.15) is 17.0 Å². The van der Waals surface area contributed by atoms with Crippen molar-refractivity contribution in [3.05, 3.63) is 16.8 Å². The molecule has 1 saturated carbocycles. The molecule has 124 valence electrons. The van der Waals surface area contributed by atoms with Crippen LogP contribution in [0.5, 0.6) is 0 Å². The summed E-state index contributed by atoms with van der Waals surface area (Å²) in [5.74, 6) is 1.77. The van der Waals surface area contributed by atoms with Crippen LogP contribution in [-0.4, -0.2) is 31.2 Å². The Kier molecular flexibility index (Phi) is 4.37. The number of rotatable bonds is 4. The standard InChI is InChI=1S/C17H23N3OS2/c1-2-23(21)12-6-3-5-11(9-12)20-16-15-13-7-4-8-14(13)22-17(15)19-10-18-16/h10-12H,2-9H2,1H3,(H,18,19,20). The molecular weight excluding hydrogens is 326 g/mol. The Labute approximate surface area is 143 Å². The molecular formula is C17H23N3OS2. The molecule has 0 spiro atoms. The highest BCUT2D eigenvalue weighted by Crippen LogP contribution is 2.39. The molecule has 0 aliphatic heterocycles. The van der Waals surface area contributed by atoms with Crippen molar-refractivity contribution >= 4 is 38.2 Å².